The molecular formula is C10H16N2O. The van der Waals surface area contributed by atoms with Gasteiger partial charge < -0.3 is 10.4 Å². The van der Waals surface area contributed by atoms with Crippen LogP contribution in [0.15, 0.2) is 18.2 Å². The topological polar surface area (TPSA) is 45.1 Å². The van der Waals surface area contributed by atoms with E-state index in [1.165, 1.54) is 0 Å². The number of nitrogens with one attached hydrogen (secondary N) is 1. The molecule has 1 rings (SSSR count). The number of hydrogen-bond acceptors (Lipinski definition) is 3. The number of pyridine rings is 1. The number of aryl methyl sites for hydroxylation is 1. The molecule has 1 aromatic rings. The van der Waals surface area contributed by atoms with E-state index in [1.807, 2.05) is 25.1 Å². The summed E-state index contributed by atoms with van der Waals surface area (Å²) in [6.07, 6.45) is -0.301. The van der Waals surface area contributed by atoms with Crippen LogP contribution in [0, 0.1) is 6.92 Å². The number of aliphatic hydroxyl groups is 1. The van der Waals surface area contributed by atoms with Gasteiger partial charge in [-0.1, -0.05) is 6.07 Å². The Hall–Kier alpha value is -0.930. The molecule has 1 aromatic heterocycles. The smallest absolute Gasteiger partial charge is 0.0636 e. The maximum atomic E-state index is 9.00. The first-order chi connectivity index (χ1) is 6.18. The van der Waals surface area contributed by atoms with Gasteiger partial charge in [0.15, 0.2) is 0 Å². The third kappa shape index (κ3) is 4.01. The van der Waals surface area contributed by atoms with Gasteiger partial charge in [-0.05, 0) is 26.0 Å². The zero-order valence-corrected chi connectivity index (χ0v) is 8.12. The molecule has 3 nitrogen and oxygen atoms in total. The molecule has 1 unspecified atom stereocenters. The lowest BCUT2D eigenvalue weighted by Crippen LogP contribution is -2.24. The van der Waals surface area contributed by atoms with Crippen molar-refractivity contribution in [2.45, 2.75) is 26.5 Å². The van der Waals surface area contributed by atoms with E-state index in [0.29, 0.717) is 13.1 Å². The minimum absolute atomic E-state index is 0.301. The van der Waals surface area contributed by atoms with Crippen molar-refractivity contribution >= 4 is 0 Å². The van der Waals surface area contributed by atoms with Crippen molar-refractivity contribution in [3.05, 3.63) is 29.6 Å². The molecule has 72 valence electrons. The van der Waals surface area contributed by atoms with Crippen LogP contribution in [0.1, 0.15) is 18.3 Å². The largest absolute Gasteiger partial charge is 0.392 e. The van der Waals surface area contributed by atoms with Gasteiger partial charge in [0.1, 0.15) is 0 Å². The van der Waals surface area contributed by atoms with Gasteiger partial charge in [0, 0.05) is 18.8 Å². The van der Waals surface area contributed by atoms with Gasteiger partial charge in [0.25, 0.3) is 0 Å². The first-order valence-corrected chi connectivity index (χ1v) is 4.50. The second kappa shape index (κ2) is 4.94. The maximum absolute atomic E-state index is 9.00. The highest BCUT2D eigenvalue weighted by atomic mass is 16.3. The van der Waals surface area contributed by atoms with Gasteiger partial charge in [-0.3, -0.25) is 4.98 Å². The molecule has 2 N–H and O–H groups in total. The fourth-order valence-electron chi connectivity index (χ4n) is 1.11. The Balaban J connectivity index is 2.37. The molecule has 0 saturated heterocycles. The number of nitrogens with zero attached hydrogens (tertiary/aromatic N) is 1. The highest BCUT2D eigenvalue weighted by molar-refractivity contribution is 5.09. The third-order valence-corrected chi connectivity index (χ3v) is 1.69. The molecule has 0 bridgehead atoms. The summed E-state index contributed by atoms with van der Waals surface area (Å²) < 4.78 is 0. The molecule has 13 heavy (non-hydrogen) atoms. The number of aliphatic hydroxyl groups excluding tert-OH is 1. The van der Waals surface area contributed by atoms with Gasteiger partial charge in [-0.15, -0.1) is 0 Å². The van der Waals surface area contributed by atoms with Crippen LogP contribution < -0.4 is 5.32 Å². The van der Waals surface area contributed by atoms with E-state index in [0.717, 1.165) is 11.4 Å². The molecule has 3 heteroatoms. The van der Waals surface area contributed by atoms with Gasteiger partial charge in [0.2, 0.25) is 0 Å². The molecule has 0 aromatic carbocycles. The molecule has 0 aliphatic heterocycles. The molecule has 0 fully saturated rings. The Bertz CT molecular complexity index is 261. The van der Waals surface area contributed by atoms with Gasteiger partial charge >= 0.3 is 0 Å². The molecule has 1 atom stereocenters. The van der Waals surface area contributed by atoms with Crippen LogP contribution in [0.2, 0.25) is 0 Å². The highest BCUT2D eigenvalue weighted by Gasteiger charge is 1.96. The predicted octanol–water partition coefficient (Wildman–Crippen LogP) is 0.860. The molecule has 0 aliphatic rings. The van der Waals surface area contributed by atoms with Crippen LogP contribution in [0.3, 0.4) is 0 Å². The summed E-state index contributed by atoms with van der Waals surface area (Å²) >= 11 is 0. The van der Waals surface area contributed by atoms with Gasteiger partial charge in [-0.2, -0.15) is 0 Å². The molecule has 0 spiro atoms. The van der Waals surface area contributed by atoms with Crippen LogP contribution in [-0.2, 0) is 6.54 Å². The van der Waals surface area contributed by atoms with Crippen molar-refractivity contribution in [1.82, 2.24) is 10.3 Å². The van der Waals surface area contributed by atoms with Gasteiger partial charge in [0.05, 0.1) is 11.8 Å². The van der Waals surface area contributed by atoms with Gasteiger partial charge in [-0.25, -0.2) is 0 Å². The Morgan fingerprint density at radius 3 is 2.92 bits per heavy atom. The molecule has 0 saturated carbocycles. The summed E-state index contributed by atoms with van der Waals surface area (Å²) in [6, 6.07) is 5.93. The van der Waals surface area contributed by atoms with Crippen molar-refractivity contribution in [3.63, 3.8) is 0 Å². The summed E-state index contributed by atoms with van der Waals surface area (Å²) in [5.41, 5.74) is 2.04. The van der Waals surface area contributed by atoms with E-state index in [4.69, 9.17) is 5.11 Å². The van der Waals surface area contributed by atoms with Crippen LogP contribution >= 0.6 is 0 Å². The Morgan fingerprint density at radius 2 is 2.31 bits per heavy atom. The van der Waals surface area contributed by atoms with Crippen molar-refractivity contribution < 1.29 is 5.11 Å². The van der Waals surface area contributed by atoms with E-state index in [9.17, 15) is 0 Å². The number of aromatic nitrogens is 1. The summed E-state index contributed by atoms with van der Waals surface area (Å²) in [5, 5.41) is 12.1. The SMILES string of the molecule is Cc1cccc(CNCC(C)O)n1. The molecule has 1 heterocycles. The lowest BCUT2D eigenvalue weighted by molar-refractivity contribution is 0.191. The second-order valence-corrected chi connectivity index (χ2v) is 3.25. The van der Waals surface area contributed by atoms with E-state index in [1.54, 1.807) is 6.92 Å². The minimum Gasteiger partial charge on any atom is -0.392 e. The van der Waals surface area contributed by atoms with Crippen molar-refractivity contribution in [3.8, 4) is 0 Å². The summed E-state index contributed by atoms with van der Waals surface area (Å²) in [6.45, 7) is 5.05. The van der Waals surface area contributed by atoms with E-state index in [-0.39, 0.29) is 6.10 Å². The van der Waals surface area contributed by atoms with Crippen molar-refractivity contribution in [1.29, 1.82) is 0 Å². The zero-order valence-electron chi connectivity index (χ0n) is 8.12. The molecule has 0 aliphatic carbocycles. The Kier molecular flexibility index (Phi) is 3.86. The average Bonchev–Trinajstić information content (AvgIpc) is 2.03. The quantitative estimate of drug-likeness (QED) is 0.722. The average molecular weight is 180 g/mol. The summed E-state index contributed by atoms with van der Waals surface area (Å²) in [5.74, 6) is 0. The first-order valence-electron chi connectivity index (χ1n) is 4.50. The van der Waals surface area contributed by atoms with Crippen LogP contribution in [0.4, 0.5) is 0 Å². The maximum Gasteiger partial charge on any atom is 0.0636 e. The monoisotopic (exact) mass is 180 g/mol. The predicted molar refractivity (Wildman–Crippen MR) is 52.4 cm³/mol. The Morgan fingerprint density at radius 1 is 1.54 bits per heavy atom. The normalized spacial score (nSPS) is 12.8. The van der Waals surface area contributed by atoms with Crippen molar-refractivity contribution in [2.24, 2.45) is 0 Å². The minimum atomic E-state index is -0.301. The van der Waals surface area contributed by atoms with Crippen LogP contribution in [0.5, 0.6) is 0 Å². The number of hydrogen-bond donors (Lipinski definition) is 2. The Labute approximate surface area is 78.8 Å². The summed E-state index contributed by atoms with van der Waals surface area (Å²) in [7, 11) is 0. The van der Waals surface area contributed by atoms with Crippen LogP contribution in [-0.4, -0.2) is 22.7 Å². The lowest BCUT2D eigenvalue weighted by atomic mass is 10.3. The fourth-order valence-corrected chi connectivity index (χ4v) is 1.11. The summed E-state index contributed by atoms with van der Waals surface area (Å²) in [4.78, 5) is 4.33. The van der Waals surface area contributed by atoms with E-state index >= 15 is 0 Å². The van der Waals surface area contributed by atoms with E-state index < -0.39 is 0 Å². The molecule has 0 amide bonds. The fraction of sp³-hybridized carbons (Fsp3) is 0.500. The first kappa shape index (κ1) is 10.2. The zero-order chi connectivity index (χ0) is 9.68. The standard InChI is InChI=1S/C10H16N2O/c1-8-4-3-5-10(12-8)7-11-6-9(2)13/h3-5,9,11,13H,6-7H2,1-2H3. The van der Waals surface area contributed by atoms with E-state index in [2.05, 4.69) is 10.3 Å². The lowest BCUT2D eigenvalue weighted by Gasteiger charge is -2.06. The third-order valence-electron chi connectivity index (χ3n) is 1.69. The number of rotatable bonds is 4. The van der Waals surface area contributed by atoms with Crippen molar-refractivity contribution in [2.75, 3.05) is 6.54 Å². The van der Waals surface area contributed by atoms with Crippen LogP contribution in [0.25, 0.3) is 0 Å². The molecule has 0 radical (unpaired) electrons. The highest BCUT2D eigenvalue weighted by Crippen LogP contribution is 1.97. The second-order valence-electron chi connectivity index (χ2n) is 3.25. The molecular weight excluding hydrogens is 164 g/mol.